The maximum absolute atomic E-state index is 9.83. The first-order valence-corrected chi connectivity index (χ1v) is 9.45. The van der Waals surface area contributed by atoms with Crippen LogP contribution in [-0.2, 0) is 0 Å². The summed E-state index contributed by atoms with van der Waals surface area (Å²) in [6.07, 6.45) is 3.92. The first kappa shape index (κ1) is 21.3. The first-order chi connectivity index (χ1) is 13.4. The molecule has 2 aromatic rings. The molecule has 0 aromatic heterocycles. The predicted octanol–water partition coefficient (Wildman–Crippen LogP) is 4.39. The third-order valence-electron chi connectivity index (χ3n) is 4.50. The second-order valence-corrected chi connectivity index (χ2v) is 6.75. The molecule has 0 saturated carbocycles. The van der Waals surface area contributed by atoms with E-state index in [0.29, 0.717) is 35.6 Å². The molecule has 0 amide bonds. The van der Waals surface area contributed by atoms with Crippen molar-refractivity contribution in [3.05, 3.63) is 47.5 Å². The van der Waals surface area contributed by atoms with E-state index in [2.05, 4.69) is 9.98 Å². The number of aliphatic imine (C=N–C) groups is 2. The number of benzene rings is 2. The molecule has 0 heterocycles. The Bertz CT molecular complexity index is 788. The van der Waals surface area contributed by atoms with Crippen molar-refractivity contribution in [2.75, 3.05) is 13.1 Å². The van der Waals surface area contributed by atoms with Crippen molar-refractivity contribution in [1.82, 2.24) is 0 Å². The van der Waals surface area contributed by atoms with Crippen LogP contribution in [0.1, 0.15) is 50.7 Å². The van der Waals surface area contributed by atoms with Crippen molar-refractivity contribution in [2.24, 2.45) is 9.98 Å². The third-order valence-corrected chi connectivity index (χ3v) is 4.50. The van der Waals surface area contributed by atoms with Gasteiger partial charge in [-0.3, -0.25) is 9.98 Å². The van der Waals surface area contributed by atoms with Crippen LogP contribution in [0.4, 0.5) is 0 Å². The van der Waals surface area contributed by atoms with Crippen LogP contribution < -0.4 is 0 Å². The molecule has 0 atom stereocenters. The van der Waals surface area contributed by atoms with Crippen LogP contribution in [0.25, 0.3) is 0 Å². The minimum atomic E-state index is 0.109. The molecule has 2 aromatic carbocycles. The van der Waals surface area contributed by atoms with Crippen molar-refractivity contribution < 1.29 is 20.4 Å². The number of nitrogens with zero attached hydrogens (tertiary/aromatic N) is 2. The van der Waals surface area contributed by atoms with Crippen LogP contribution in [0.3, 0.4) is 0 Å². The molecule has 0 aliphatic heterocycles. The molecule has 0 bridgehead atoms. The van der Waals surface area contributed by atoms with E-state index in [9.17, 15) is 20.4 Å². The summed E-state index contributed by atoms with van der Waals surface area (Å²) in [5, 5.41) is 38.7. The molecule has 6 nitrogen and oxygen atoms in total. The van der Waals surface area contributed by atoms with Crippen LogP contribution in [-0.4, -0.2) is 44.9 Å². The first-order valence-electron chi connectivity index (χ1n) is 9.45. The lowest BCUT2D eigenvalue weighted by molar-refractivity contribution is 0.459. The topological polar surface area (TPSA) is 106 Å². The van der Waals surface area contributed by atoms with Crippen LogP contribution in [0.5, 0.6) is 23.0 Å². The quantitative estimate of drug-likeness (QED) is 0.292. The lowest BCUT2D eigenvalue weighted by Crippen LogP contribution is -1.98. The zero-order valence-corrected chi connectivity index (χ0v) is 16.4. The summed E-state index contributed by atoms with van der Waals surface area (Å²) in [7, 11) is 0. The van der Waals surface area contributed by atoms with E-state index in [1.54, 1.807) is 0 Å². The molecule has 2 rings (SSSR count). The minimum Gasteiger partial charge on any atom is -0.508 e. The minimum absolute atomic E-state index is 0.109. The Hall–Kier alpha value is -3.02. The van der Waals surface area contributed by atoms with E-state index in [4.69, 9.17) is 0 Å². The zero-order valence-electron chi connectivity index (χ0n) is 16.4. The normalized spacial score (nSPS) is 12.4. The maximum atomic E-state index is 9.83. The van der Waals surface area contributed by atoms with Crippen molar-refractivity contribution in [3.8, 4) is 23.0 Å². The highest BCUT2D eigenvalue weighted by atomic mass is 16.3. The van der Waals surface area contributed by atoms with Gasteiger partial charge in [-0.15, -0.1) is 0 Å². The summed E-state index contributed by atoms with van der Waals surface area (Å²) in [6, 6.07) is 8.83. The average molecular weight is 384 g/mol. The Morgan fingerprint density at radius 1 is 0.643 bits per heavy atom. The Balaban J connectivity index is 1.70. The zero-order chi connectivity index (χ0) is 20.5. The summed E-state index contributed by atoms with van der Waals surface area (Å²) >= 11 is 0. The molecule has 0 spiro atoms. The highest BCUT2D eigenvalue weighted by Gasteiger charge is 2.06. The summed E-state index contributed by atoms with van der Waals surface area (Å²) in [6.45, 7) is 4.98. The number of unbranched alkanes of at least 4 members (excludes halogenated alkanes) is 3. The predicted molar refractivity (Wildman–Crippen MR) is 112 cm³/mol. The van der Waals surface area contributed by atoms with E-state index < -0.39 is 0 Å². The van der Waals surface area contributed by atoms with Gasteiger partial charge in [0.25, 0.3) is 0 Å². The maximum Gasteiger partial charge on any atom is 0.124 e. The van der Waals surface area contributed by atoms with Gasteiger partial charge < -0.3 is 20.4 Å². The summed E-state index contributed by atoms with van der Waals surface area (Å²) in [5.41, 5.74) is 2.53. The number of aromatic hydroxyl groups is 4. The lowest BCUT2D eigenvalue weighted by atomic mass is 10.1. The van der Waals surface area contributed by atoms with Gasteiger partial charge in [0.1, 0.15) is 23.0 Å². The Morgan fingerprint density at radius 3 is 1.43 bits per heavy atom. The molecule has 0 saturated heterocycles. The molecule has 0 aliphatic carbocycles. The number of phenols is 4. The van der Waals surface area contributed by atoms with E-state index in [0.717, 1.165) is 25.7 Å². The number of hydrogen-bond donors (Lipinski definition) is 4. The lowest BCUT2D eigenvalue weighted by Gasteiger charge is -2.06. The molecule has 150 valence electrons. The number of phenolic OH excluding ortho intramolecular Hbond substituents is 4. The van der Waals surface area contributed by atoms with Crippen molar-refractivity contribution in [1.29, 1.82) is 0 Å². The van der Waals surface area contributed by atoms with Crippen LogP contribution in [0.2, 0.25) is 0 Å². The van der Waals surface area contributed by atoms with Gasteiger partial charge in [0.15, 0.2) is 0 Å². The van der Waals surface area contributed by atoms with Gasteiger partial charge in [-0.1, -0.05) is 12.8 Å². The Kier molecular flexibility index (Phi) is 7.87. The molecular formula is C22H28N2O4. The highest BCUT2D eigenvalue weighted by molar-refractivity contribution is 6.01. The largest absolute Gasteiger partial charge is 0.508 e. The van der Waals surface area contributed by atoms with Crippen molar-refractivity contribution >= 4 is 11.4 Å². The van der Waals surface area contributed by atoms with Gasteiger partial charge in [0.05, 0.1) is 0 Å². The average Bonchev–Trinajstić information content (AvgIpc) is 2.67. The fraction of sp³-hybridized carbons (Fsp3) is 0.364. The van der Waals surface area contributed by atoms with Gasteiger partial charge in [0.2, 0.25) is 0 Å². The Morgan fingerprint density at radius 2 is 1.04 bits per heavy atom. The van der Waals surface area contributed by atoms with E-state index >= 15 is 0 Å². The molecule has 4 N–H and O–H groups in total. The van der Waals surface area contributed by atoms with Gasteiger partial charge >= 0.3 is 0 Å². The fourth-order valence-electron chi connectivity index (χ4n) is 2.87. The SMILES string of the molecule is CC(=NCCCCCCN=C(C)c1cc(O)ccc1O)c1cc(O)ccc1O. The number of hydrogen-bond acceptors (Lipinski definition) is 6. The molecule has 0 unspecified atom stereocenters. The molecule has 28 heavy (non-hydrogen) atoms. The van der Waals surface area contributed by atoms with Gasteiger partial charge in [-0.25, -0.2) is 0 Å². The molecule has 0 aliphatic rings. The van der Waals surface area contributed by atoms with Gasteiger partial charge in [0, 0.05) is 35.6 Å². The fourth-order valence-corrected chi connectivity index (χ4v) is 2.87. The van der Waals surface area contributed by atoms with Crippen molar-refractivity contribution in [3.63, 3.8) is 0 Å². The second kappa shape index (κ2) is 10.3. The summed E-state index contributed by atoms with van der Waals surface area (Å²) in [4.78, 5) is 8.93. The van der Waals surface area contributed by atoms with Gasteiger partial charge in [-0.05, 0) is 63.1 Å². The van der Waals surface area contributed by atoms with E-state index in [1.165, 1.54) is 36.4 Å². The summed E-state index contributed by atoms with van der Waals surface area (Å²) < 4.78 is 0. The van der Waals surface area contributed by atoms with E-state index in [-0.39, 0.29) is 23.0 Å². The van der Waals surface area contributed by atoms with Crippen LogP contribution in [0.15, 0.2) is 46.4 Å². The number of rotatable bonds is 9. The molecule has 0 radical (unpaired) electrons. The highest BCUT2D eigenvalue weighted by Crippen LogP contribution is 2.23. The smallest absolute Gasteiger partial charge is 0.124 e. The van der Waals surface area contributed by atoms with Crippen LogP contribution >= 0.6 is 0 Å². The molecule has 0 fully saturated rings. The third kappa shape index (κ3) is 6.30. The second-order valence-electron chi connectivity index (χ2n) is 6.75. The molecule has 6 heteroatoms. The van der Waals surface area contributed by atoms with Crippen molar-refractivity contribution in [2.45, 2.75) is 39.5 Å². The molecular weight excluding hydrogens is 356 g/mol. The standard InChI is InChI=1S/C22H28N2O4/c1-15(19-13-17(25)7-9-21(19)27)23-11-5-3-4-6-12-24-16(2)20-14-18(26)8-10-22(20)28/h7-10,13-14,25-28H,3-6,11-12H2,1-2H3. The van der Waals surface area contributed by atoms with Gasteiger partial charge in [-0.2, -0.15) is 0 Å². The van der Waals surface area contributed by atoms with Crippen LogP contribution in [0, 0.1) is 0 Å². The van der Waals surface area contributed by atoms with E-state index in [1.807, 2.05) is 13.8 Å². The monoisotopic (exact) mass is 384 g/mol. The summed E-state index contributed by atoms with van der Waals surface area (Å²) in [5.74, 6) is 0.449. The Labute approximate surface area is 165 Å².